The number of fused-ring (bicyclic) bond motifs is 1. The molecule has 0 radical (unpaired) electrons. The van der Waals surface area contributed by atoms with E-state index in [1.165, 1.54) is 7.11 Å². The van der Waals surface area contributed by atoms with E-state index in [0.29, 0.717) is 28.7 Å². The van der Waals surface area contributed by atoms with Gasteiger partial charge in [-0.15, -0.1) is 0 Å². The Morgan fingerprint density at radius 1 is 1.23 bits per heavy atom. The van der Waals surface area contributed by atoms with E-state index in [0.717, 1.165) is 16.8 Å². The summed E-state index contributed by atoms with van der Waals surface area (Å²) in [6, 6.07) is 9.31. The Balaban J connectivity index is 2.05. The maximum atomic E-state index is 12.7. The summed E-state index contributed by atoms with van der Waals surface area (Å²) in [5, 5.41) is 5.39. The third-order valence-electron chi connectivity index (χ3n) is 5.56. The van der Waals surface area contributed by atoms with Crippen molar-refractivity contribution in [3.05, 3.63) is 47.2 Å². The number of sulfone groups is 1. The number of methoxy groups -OCH3 is 1. The summed E-state index contributed by atoms with van der Waals surface area (Å²) in [5.74, 6) is -0.224. The first kappa shape index (κ1) is 20.5. The third kappa shape index (κ3) is 3.60. The molecule has 1 aliphatic heterocycles. The van der Waals surface area contributed by atoms with E-state index in [1.807, 2.05) is 45.0 Å². The number of aromatic nitrogens is 3. The molecule has 0 saturated carbocycles. The van der Waals surface area contributed by atoms with Crippen molar-refractivity contribution in [2.45, 2.75) is 39.2 Å². The van der Waals surface area contributed by atoms with E-state index >= 15 is 0 Å². The van der Waals surface area contributed by atoms with E-state index < -0.39 is 15.8 Å². The number of aryl methyl sites for hydroxylation is 1. The number of rotatable bonds is 4. The second-order valence-corrected chi connectivity index (χ2v) is 10.4. The van der Waals surface area contributed by atoms with Crippen LogP contribution in [0.4, 0.5) is 0 Å². The number of benzene rings is 1. The van der Waals surface area contributed by atoms with Gasteiger partial charge >= 0.3 is 5.97 Å². The molecule has 8 heteroatoms. The predicted molar refractivity (Wildman–Crippen MR) is 115 cm³/mol. The first-order chi connectivity index (χ1) is 14.2. The Labute approximate surface area is 176 Å². The summed E-state index contributed by atoms with van der Waals surface area (Å²) in [4.78, 5) is 17.5. The number of hydrogen-bond donors (Lipinski definition) is 0. The number of hydrogen-bond acceptors (Lipinski definition) is 6. The van der Waals surface area contributed by atoms with Crippen LogP contribution < -0.4 is 0 Å². The number of ether oxygens (including phenoxy) is 1. The summed E-state index contributed by atoms with van der Waals surface area (Å²) in [5.41, 5.74) is 4.22. The Bertz CT molecular complexity index is 1230. The molecular formula is C22H25N3O4S. The van der Waals surface area contributed by atoms with Crippen molar-refractivity contribution in [3.63, 3.8) is 0 Å². The summed E-state index contributed by atoms with van der Waals surface area (Å²) in [6.07, 6.45) is 0.480. The second-order valence-electron chi connectivity index (χ2n) is 8.16. The lowest BCUT2D eigenvalue weighted by atomic mass is 10.0. The van der Waals surface area contributed by atoms with Crippen LogP contribution in [0.5, 0.6) is 0 Å². The van der Waals surface area contributed by atoms with Gasteiger partial charge < -0.3 is 4.74 Å². The zero-order valence-electron chi connectivity index (χ0n) is 17.5. The van der Waals surface area contributed by atoms with Crippen molar-refractivity contribution in [1.29, 1.82) is 0 Å². The molecule has 0 amide bonds. The predicted octanol–water partition coefficient (Wildman–Crippen LogP) is 3.68. The van der Waals surface area contributed by atoms with Crippen molar-refractivity contribution in [2.75, 3.05) is 18.6 Å². The average molecular weight is 428 g/mol. The normalized spacial score (nSPS) is 18.2. The first-order valence-electron chi connectivity index (χ1n) is 9.99. The van der Waals surface area contributed by atoms with Crippen molar-refractivity contribution in [1.82, 2.24) is 14.8 Å². The highest BCUT2D eigenvalue weighted by atomic mass is 32.2. The zero-order valence-corrected chi connectivity index (χ0v) is 18.4. The van der Waals surface area contributed by atoms with Gasteiger partial charge in [-0.25, -0.2) is 22.9 Å². The summed E-state index contributed by atoms with van der Waals surface area (Å²) >= 11 is 0. The molecule has 0 N–H and O–H groups in total. The van der Waals surface area contributed by atoms with Crippen LogP contribution in [0.25, 0.3) is 22.3 Å². The Kier molecular flexibility index (Phi) is 5.13. The highest BCUT2D eigenvalue weighted by molar-refractivity contribution is 7.91. The summed E-state index contributed by atoms with van der Waals surface area (Å²) in [6.45, 7) is 5.99. The highest BCUT2D eigenvalue weighted by Crippen LogP contribution is 2.36. The van der Waals surface area contributed by atoms with Crippen LogP contribution >= 0.6 is 0 Å². The van der Waals surface area contributed by atoms with Gasteiger partial charge in [0, 0.05) is 11.3 Å². The average Bonchev–Trinajstić information content (AvgIpc) is 3.27. The molecule has 7 nitrogen and oxygen atoms in total. The summed E-state index contributed by atoms with van der Waals surface area (Å²) < 4.78 is 31.0. The minimum atomic E-state index is -3.11. The molecule has 0 spiro atoms. The molecule has 1 aliphatic rings. The Hall–Kier alpha value is -2.74. The molecule has 1 saturated heterocycles. The SMILES string of the molecule is COC(=O)c1cc(C(C)C)nc2c1c(-c1ccc(C)cc1)nn2C1CCS(=O)(=O)C1. The van der Waals surface area contributed by atoms with E-state index in [2.05, 4.69) is 0 Å². The molecule has 0 bridgehead atoms. The fourth-order valence-corrected chi connectivity index (χ4v) is 5.55. The van der Waals surface area contributed by atoms with Gasteiger partial charge in [-0.05, 0) is 25.3 Å². The van der Waals surface area contributed by atoms with Crippen LogP contribution in [0.1, 0.15) is 53.8 Å². The zero-order chi connectivity index (χ0) is 21.6. The molecule has 1 atom stereocenters. The van der Waals surface area contributed by atoms with Gasteiger partial charge in [0.1, 0.15) is 5.69 Å². The minimum absolute atomic E-state index is 0.0261. The van der Waals surface area contributed by atoms with Gasteiger partial charge in [-0.1, -0.05) is 43.7 Å². The number of nitrogens with zero attached hydrogens (tertiary/aromatic N) is 3. The molecular weight excluding hydrogens is 402 g/mol. The number of carbonyl (C=O) groups excluding carboxylic acids is 1. The van der Waals surface area contributed by atoms with E-state index in [4.69, 9.17) is 14.8 Å². The minimum Gasteiger partial charge on any atom is -0.465 e. The number of pyridine rings is 1. The monoisotopic (exact) mass is 427 g/mol. The van der Waals surface area contributed by atoms with Crippen molar-refractivity contribution >= 4 is 26.8 Å². The van der Waals surface area contributed by atoms with Crippen LogP contribution in [0.15, 0.2) is 30.3 Å². The topological polar surface area (TPSA) is 91.2 Å². The largest absolute Gasteiger partial charge is 0.465 e. The van der Waals surface area contributed by atoms with Crippen LogP contribution in [-0.4, -0.2) is 47.8 Å². The molecule has 30 heavy (non-hydrogen) atoms. The summed E-state index contributed by atoms with van der Waals surface area (Å²) in [7, 11) is -1.76. The molecule has 0 aliphatic carbocycles. The standard InChI is InChI=1S/C22H25N3O4S/c1-13(2)18-11-17(22(26)29-4)19-20(15-7-5-14(3)6-8-15)24-25(21(19)23-18)16-9-10-30(27,28)12-16/h5-8,11,13,16H,9-10,12H2,1-4H3. The van der Waals surface area contributed by atoms with Gasteiger partial charge in [-0.2, -0.15) is 5.10 Å². The Morgan fingerprint density at radius 2 is 1.93 bits per heavy atom. The lowest BCUT2D eigenvalue weighted by Gasteiger charge is -2.12. The van der Waals surface area contributed by atoms with E-state index in [-0.39, 0.29) is 23.5 Å². The smallest absolute Gasteiger partial charge is 0.338 e. The lowest BCUT2D eigenvalue weighted by molar-refractivity contribution is 0.0602. The highest BCUT2D eigenvalue weighted by Gasteiger charge is 2.33. The van der Waals surface area contributed by atoms with Gasteiger partial charge in [0.05, 0.1) is 35.6 Å². The maximum absolute atomic E-state index is 12.7. The Morgan fingerprint density at radius 3 is 2.50 bits per heavy atom. The van der Waals surface area contributed by atoms with Crippen LogP contribution in [0.2, 0.25) is 0 Å². The van der Waals surface area contributed by atoms with Crippen LogP contribution in [0.3, 0.4) is 0 Å². The first-order valence-corrected chi connectivity index (χ1v) is 11.8. The van der Waals surface area contributed by atoms with Gasteiger partial charge in [0.2, 0.25) is 0 Å². The third-order valence-corrected chi connectivity index (χ3v) is 7.31. The lowest BCUT2D eigenvalue weighted by Crippen LogP contribution is -2.14. The van der Waals surface area contributed by atoms with Crippen molar-refractivity contribution < 1.29 is 17.9 Å². The molecule has 3 heterocycles. The molecule has 1 unspecified atom stereocenters. The molecule has 158 valence electrons. The maximum Gasteiger partial charge on any atom is 0.338 e. The van der Waals surface area contributed by atoms with Gasteiger partial charge in [0.15, 0.2) is 15.5 Å². The molecule has 1 aromatic carbocycles. The second kappa shape index (κ2) is 7.50. The molecule has 4 rings (SSSR count). The van der Waals surface area contributed by atoms with E-state index in [9.17, 15) is 13.2 Å². The fourth-order valence-electron chi connectivity index (χ4n) is 3.86. The molecule has 1 fully saturated rings. The van der Waals surface area contributed by atoms with Crippen molar-refractivity contribution in [3.8, 4) is 11.3 Å². The van der Waals surface area contributed by atoms with Crippen LogP contribution in [0, 0.1) is 6.92 Å². The molecule has 3 aromatic rings. The van der Waals surface area contributed by atoms with Crippen molar-refractivity contribution in [2.24, 2.45) is 0 Å². The molecule has 2 aromatic heterocycles. The van der Waals surface area contributed by atoms with Crippen LogP contribution in [-0.2, 0) is 14.6 Å². The number of esters is 1. The number of carbonyl (C=O) groups is 1. The fraction of sp³-hybridized carbons (Fsp3) is 0.409. The van der Waals surface area contributed by atoms with Gasteiger partial charge in [-0.3, -0.25) is 0 Å². The quantitative estimate of drug-likeness (QED) is 0.590. The van der Waals surface area contributed by atoms with E-state index in [1.54, 1.807) is 10.7 Å². The van der Waals surface area contributed by atoms with Gasteiger partial charge in [0.25, 0.3) is 0 Å².